The smallest absolute Gasteiger partial charge is 0.115 e. The molecule has 0 amide bonds. The van der Waals surface area contributed by atoms with E-state index in [2.05, 4.69) is 13.2 Å². The van der Waals surface area contributed by atoms with E-state index >= 15 is 0 Å². The van der Waals surface area contributed by atoms with Gasteiger partial charge in [-0.05, 0) is 25.3 Å². The summed E-state index contributed by atoms with van der Waals surface area (Å²) in [6.07, 6.45) is 4.21. The molecule has 1 saturated heterocycles. The minimum Gasteiger partial charge on any atom is -0.494 e. The second-order valence-corrected chi connectivity index (χ2v) is 2.89. The van der Waals surface area contributed by atoms with Gasteiger partial charge in [0, 0.05) is 0 Å². The van der Waals surface area contributed by atoms with Crippen molar-refractivity contribution in [3.63, 3.8) is 0 Å². The zero-order valence-corrected chi connectivity index (χ0v) is 7.02. The van der Waals surface area contributed by atoms with E-state index in [9.17, 15) is 0 Å². The lowest BCUT2D eigenvalue weighted by Crippen LogP contribution is -2.05. The molecule has 0 aromatic carbocycles. The number of ether oxygens (including phenoxy) is 1. The Balaban J connectivity index is 2.68. The molecule has 0 bridgehead atoms. The predicted molar refractivity (Wildman–Crippen MR) is 47.2 cm³/mol. The first-order chi connectivity index (χ1) is 5.20. The summed E-state index contributed by atoms with van der Waals surface area (Å²) in [6.45, 7) is 10.4. The zero-order chi connectivity index (χ0) is 8.27. The Morgan fingerprint density at radius 1 is 1.64 bits per heavy atom. The molecule has 1 heterocycles. The second kappa shape index (κ2) is 3.42. The molecule has 0 unspecified atom stereocenters. The lowest BCUT2D eigenvalue weighted by atomic mass is 10.0. The maximum Gasteiger partial charge on any atom is 0.115 e. The maximum atomic E-state index is 5.29. The third-order valence-electron chi connectivity index (χ3n) is 1.65. The summed E-state index contributed by atoms with van der Waals surface area (Å²) in [7, 11) is 0. The van der Waals surface area contributed by atoms with E-state index in [-0.39, 0.29) is 0 Å². The van der Waals surface area contributed by atoms with Crippen LogP contribution in [0.2, 0.25) is 0 Å². The zero-order valence-electron chi connectivity index (χ0n) is 7.02. The van der Waals surface area contributed by atoms with Crippen LogP contribution in [0.25, 0.3) is 0 Å². The van der Waals surface area contributed by atoms with Crippen molar-refractivity contribution in [2.24, 2.45) is 0 Å². The van der Waals surface area contributed by atoms with Gasteiger partial charge in [0.2, 0.25) is 0 Å². The van der Waals surface area contributed by atoms with Crippen LogP contribution in [-0.2, 0) is 4.74 Å². The third-order valence-corrected chi connectivity index (χ3v) is 1.65. The van der Waals surface area contributed by atoms with E-state index in [1.165, 1.54) is 5.57 Å². The first-order valence-electron chi connectivity index (χ1n) is 3.88. The van der Waals surface area contributed by atoms with Crippen LogP contribution in [0.15, 0.2) is 36.1 Å². The molecular formula is C10H14O. The van der Waals surface area contributed by atoms with Crippen LogP contribution in [0.4, 0.5) is 0 Å². The highest BCUT2D eigenvalue weighted by atomic mass is 16.5. The largest absolute Gasteiger partial charge is 0.494 e. The topological polar surface area (TPSA) is 9.23 Å². The van der Waals surface area contributed by atoms with E-state index in [4.69, 9.17) is 4.74 Å². The Kier molecular flexibility index (Phi) is 2.53. The van der Waals surface area contributed by atoms with Crippen LogP contribution >= 0.6 is 0 Å². The van der Waals surface area contributed by atoms with Gasteiger partial charge in [0.1, 0.15) is 5.76 Å². The van der Waals surface area contributed by atoms with Crippen molar-refractivity contribution < 1.29 is 4.74 Å². The molecule has 0 saturated carbocycles. The summed E-state index contributed by atoms with van der Waals surface area (Å²) in [5, 5.41) is 0. The summed E-state index contributed by atoms with van der Waals surface area (Å²) in [4.78, 5) is 0. The summed E-state index contributed by atoms with van der Waals surface area (Å²) in [6, 6.07) is 0. The second-order valence-electron chi connectivity index (χ2n) is 2.89. The van der Waals surface area contributed by atoms with Crippen LogP contribution in [0.3, 0.4) is 0 Å². The lowest BCUT2D eigenvalue weighted by molar-refractivity contribution is 0.195. The standard InChI is InChI=1S/C10H14O/c1-8(2)7-10-5-4-6-11-9(10)3/h7H,1,3-6H2,2H3/b10-7-. The number of rotatable bonds is 1. The molecule has 1 nitrogen and oxygen atoms in total. The number of hydrogen-bond acceptors (Lipinski definition) is 1. The molecule has 0 aromatic heterocycles. The van der Waals surface area contributed by atoms with E-state index in [1.54, 1.807) is 0 Å². The minimum absolute atomic E-state index is 0.812. The molecule has 1 heteroatoms. The maximum absolute atomic E-state index is 5.29. The lowest BCUT2D eigenvalue weighted by Gasteiger charge is -2.18. The molecule has 0 aromatic rings. The van der Waals surface area contributed by atoms with E-state index in [0.29, 0.717) is 0 Å². The summed E-state index contributed by atoms with van der Waals surface area (Å²) in [5.41, 5.74) is 2.26. The molecule has 60 valence electrons. The van der Waals surface area contributed by atoms with E-state index in [1.807, 2.05) is 13.0 Å². The minimum atomic E-state index is 0.812. The number of allylic oxidation sites excluding steroid dienone is 3. The molecular weight excluding hydrogens is 136 g/mol. The molecule has 0 N–H and O–H groups in total. The van der Waals surface area contributed by atoms with Gasteiger partial charge in [-0.25, -0.2) is 0 Å². The van der Waals surface area contributed by atoms with Crippen LogP contribution in [0.5, 0.6) is 0 Å². The highest BCUT2D eigenvalue weighted by molar-refractivity contribution is 5.31. The Bertz CT molecular complexity index is 211. The average Bonchev–Trinajstić information content (AvgIpc) is 1.93. The summed E-state index contributed by atoms with van der Waals surface area (Å²) >= 11 is 0. The van der Waals surface area contributed by atoms with Gasteiger partial charge in [0.25, 0.3) is 0 Å². The molecule has 0 atom stereocenters. The van der Waals surface area contributed by atoms with Gasteiger partial charge in [-0.1, -0.05) is 24.8 Å². The fraction of sp³-hybridized carbons (Fsp3) is 0.400. The van der Waals surface area contributed by atoms with Crippen LogP contribution in [0.1, 0.15) is 19.8 Å². The Morgan fingerprint density at radius 3 is 2.91 bits per heavy atom. The molecule has 0 spiro atoms. The quantitative estimate of drug-likeness (QED) is 0.558. The van der Waals surface area contributed by atoms with Crippen molar-refractivity contribution >= 4 is 0 Å². The predicted octanol–water partition coefficient (Wildman–Crippen LogP) is 2.81. The fourth-order valence-electron chi connectivity index (χ4n) is 1.14. The highest BCUT2D eigenvalue weighted by Crippen LogP contribution is 2.22. The van der Waals surface area contributed by atoms with Crippen molar-refractivity contribution in [1.82, 2.24) is 0 Å². The Morgan fingerprint density at radius 2 is 2.36 bits per heavy atom. The first-order valence-corrected chi connectivity index (χ1v) is 3.88. The fourth-order valence-corrected chi connectivity index (χ4v) is 1.14. The molecule has 1 aliphatic heterocycles. The van der Waals surface area contributed by atoms with Gasteiger partial charge in [-0.3, -0.25) is 0 Å². The van der Waals surface area contributed by atoms with Gasteiger partial charge >= 0.3 is 0 Å². The van der Waals surface area contributed by atoms with Gasteiger partial charge in [0.15, 0.2) is 0 Å². The molecule has 0 radical (unpaired) electrons. The van der Waals surface area contributed by atoms with Crippen molar-refractivity contribution in [2.45, 2.75) is 19.8 Å². The normalized spacial score (nSPS) is 21.5. The number of hydrogen-bond donors (Lipinski definition) is 0. The van der Waals surface area contributed by atoms with E-state index in [0.717, 1.165) is 30.8 Å². The van der Waals surface area contributed by atoms with Crippen LogP contribution < -0.4 is 0 Å². The van der Waals surface area contributed by atoms with E-state index < -0.39 is 0 Å². The van der Waals surface area contributed by atoms with Crippen LogP contribution in [-0.4, -0.2) is 6.61 Å². The van der Waals surface area contributed by atoms with Crippen LogP contribution in [0, 0.1) is 0 Å². The first kappa shape index (κ1) is 8.12. The van der Waals surface area contributed by atoms with Gasteiger partial charge in [-0.2, -0.15) is 0 Å². The van der Waals surface area contributed by atoms with Crippen molar-refractivity contribution in [1.29, 1.82) is 0 Å². The average molecular weight is 150 g/mol. The van der Waals surface area contributed by atoms with Crippen molar-refractivity contribution in [3.05, 3.63) is 36.1 Å². The monoisotopic (exact) mass is 150 g/mol. The Hall–Kier alpha value is -0.980. The van der Waals surface area contributed by atoms with Gasteiger partial charge < -0.3 is 4.74 Å². The van der Waals surface area contributed by atoms with Crippen molar-refractivity contribution in [3.8, 4) is 0 Å². The molecule has 1 rings (SSSR count). The molecule has 0 aliphatic carbocycles. The third kappa shape index (κ3) is 2.26. The molecule has 11 heavy (non-hydrogen) atoms. The molecule has 1 aliphatic rings. The highest BCUT2D eigenvalue weighted by Gasteiger charge is 2.09. The SMILES string of the molecule is C=C(C)/C=C1/CCCOC1=C. The van der Waals surface area contributed by atoms with Crippen molar-refractivity contribution in [2.75, 3.05) is 6.61 Å². The summed E-state index contributed by atoms with van der Waals surface area (Å²) < 4.78 is 5.29. The van der Waals surface area contributed by atoms with Gasteiger partial charge in [-0.15, -0.1) is 0 Å². The van der Waals surface area contributed by atoms with Gasteiger partial charge in [0.05, 0.1) is 6.61 Å². The molecule has 1 fully saturated rings. The summed E-state index contributed by atoms with van der Waals surface area (Å²) in [5.74, 6) is 0.819. The Labute approximate surface area is 68.1 Å².